The quantitative estimate of drug-likeness (QED) is 0.816. The van der Waals surface area contributed by atoms with Gasteiger partial charge in [0.15, 0.2) is 0 Å². The second-order valence-electron chi connectivity index (χ2n) is 5.42. The summed E-state index contributed by atoms with van der Waals surface area (Å²) in [4.78, 5) is 0. The first-order chi connectivity index (χ1) is 9.22. The number of hydrogen-bond donors (Lipinski definition) is 1. The Morgan fingerprint density at radius 1 is 1.37 bits per heavy atom. The van der Waals surface area contributed by atoms with Gasteiger partial charge in [-0.2, -0.15) is 0 Å². The highest BCUT2D eigenvalue weighted by Crippen LogP contribution is 2.39. The van der Waals surface area contributed by atoms with Gasteiger partial charge >= 0.3 is 0 Å². The first-order valence-electron chi connectivity index (χ1n) is 7.24. The maximum absolute atomic E-state index is 13.8. The zero-order valence-electron chi connectivity index (χ0n) is 11.9. The van der Waals surface area contributed by atoms with Gasteiger partial charge in [0.05, 0.1) is 5.60 Å². The fraction of sp³-hybridized carbons (Fsp3) is 0.625. The number of hydrogen-bond acceptors (Lipinski definition) is 2. The predicted molar refractivity (Wildman–Crippen MR) is 75.8 cm³/mol. The molecule has 1 fully saturated rings. The van der Waals surface area contributed by atoms with E-state index < -0.39 is 0 Å². The lowest BCUT2D eigenvalue weighted by Crippen LogP contribution is -2.57. The molecule has 106 valence electrons. The van der Waals surface area contributed by atoms with Gasteiger partial charge in [-0.1, -0.05) is 25.1 Å². The van der Waals surface area contributed by atoms with Crippen molar-refractivity contribution in [2.24, 2.45) is 0 Å². The number of benzene rings is 1. The van der Waals surface area contributed by atoms with Gasteiger partial charge in [-0.3, -0.25) is 0 Å². The summed E-state index contributed by atoms with van der Waals surface area (Å²) in [6.45, 7) is 3.09. The number of methoxy groups -OCH3 is 1. The standard InChI is InChI=1S/C16H24FNO/c1-3-11-18-15(16(19-2)9-6-10-16)12-13-7-4-5-8-14(13)17/h4-5,7-8,15,18H,3,6,9-12H2,1-2H3. The van der Waals surface area contributed by atoms with Crippen LogP contribution in [0.3, 0.4) is 0 Å². The second kappa shape index (κ2) is 6.49. The van der Waals surface area contributed by atoms with Crippen molar-refractivity contribution in [2.75, 3.05) is 13.7 Å². The van der Waals surface area contributed by atoms with Crippen molar-refractivity contribution in [1.82, 2.24) is 5.32 Å². The second-order valence-corrected chi connectivity index (χ2v) is 5.42. The predicted octanol–water partition coefficient (Wildman–Crippen LogP) is 3.31. The highest BCUT2D eigenvalue weighted by Gasteiger charge is 2.44. The molecule has 2 rings (SSSR count). The molecule has 0 saturated heterocycles. The van der Waals surface area contributed by atoms with Crippen LogP contribution in [0.2, 0.25) is 0 Å². The zero-order chi connectivity index (χ0) is 13.7. The average molecular weight is 265 g/mol. The summed E-state index contributed by atoms with van der Waals surface area (Å²) >= 11 is 0. The highest BCUT2D eigenvalue weighted by molar-refractivity contribution is 5.20. The van der Waals surface area contributed by atoms with Gasteiger partial charge in [0.2, 0.25) is 0 Å². The lowest BCUT2D eigenvalue weighted by molar-refractivity contribution is -0.0981. The molecule has 0 bridgehead atoms. The molecule has 1 saturated carbocycles. The smallest absolute Gasteiger partial charge is 0.126 e. The molecule has 0 aliphatic heterocycles. The third kappa shape index (κ3) is 3.15. The summed E-state index contributed by atoms with van der Waals surface area (Å²) in [7, 11) is 1.78. The number of ether oxygens (including phenoxy) is 1. The summed E-state index contributed by atoms with van der Waals surface area (Å²) in [5.74, 6) is -0.114. The Balaban J connectivity index is 2.12. The van der Waals surface area contributed by atoms with Crippen LogP contribution in [0.25, 0.3) is 0 Å². The van der Waals surface area contributed by atoms with Crippen LogP contribution in [-0.4, -0.2) is 25.3 Å². The molecule has 1 aliphatic carbocycles. The summed E-state index contributed by atoms with van der Waals surface area (Å²) in [5.41, 5.74) is 0.677. The SMILES string of the molecule is CCCNC(Cc1ccccc1F)C1(OC)CCC1. The lowest BCUT2D eigenvalue weighted by Gasteiger charge is -2.47. The fourth-order valence-electron chi connectivity index (χ4n) is 2.87. The van der Waals surface area contributed by atoms with E-state index in [1.807, 2.05) is 12.1 Å². The van der Waals surface area contributed by atoms with Crippen LogP contribution in [0.15, 0.2) is 24.3 Å². The molecule has 3 heteroatoms. The lowest BCUT2D eigenvalue weighted by atomic mass is 9.72. The average Bonchev–Trinajstić information content (AvgIpc) is 2.37. The summed E-state index contributed by atoms with van der Waals surface area (Å²) in [6, 6.07) is 7.24. The molecule has 2 nitrogen and oxygen atoms in total. The van der Waals surface area contributed by atoms with E-state index in [4.69, 9.17) is 4.74 Å². The molecule has 0 aromatic heterocycles. The first kappa shape index (κ1) is 14.5. The minimum Gasteiger partial charge on any atom is -0.377 e. The van der Waals surface area contributed by atoms with E-state index in [0.717, 1.165) is 31.4 Å². The van der Waals surface area contributed by atoms with Crippen LogP contribution in [0, 0.1) is 5.82 Å². The molecule has 1 unspecified atom stereocenters. The van der Waals surface area contributed by atoms with Gasteiger partial charge in [-0.15, -0.1) is 0 Å². The molecular weight excluding hydrogens is 241 g/mol. The minimum atomic E-state index is -0.114. The molecular formula is C16H24FNO. The molecule has 1 N–H and O–H groups in total. The highest BCUT2D eigenvalue weighted by atomic mass is 19.1. The molecule has 19 heavy (non-hydrogen) atoms. The molecule has 0 amide bonds. The van der Waals surface area contributed by atoms with Crippen molar-refractivity contribution in [3.05, 3.63) is 35.6 Å². The Labute approximate surface area is 115 Å². The first-order valence-corrected chi connectivity index (χ1v) is 7.24. The van der Waals surface area contributed by atoms with Crippen LogP contribution < -0.4 is 5.32 Å². The van der Waals surface area contributed by atoms with Crippen molar-refractivity contribution < 1.29 is 9.13 Å². The van der Waals surface area contributed by atoms with Gasteiger partial charge in [-0.05, 0) is 50.3 Å². The Kier molecular flexibility index (Phi) is 4.94. The van der Waals surface area contributed by atoms with Gasteiger partial charge in [0.25, 0.3) is 0 Å². The molecule has 0 heterocycles. The van der Waals surface area contributed by atoms with Crippen molar-refractivity contribution in [3.8, 4) is 0 Å². The van der Waals surface area contributed by atoms with E-state index in [1.54, 1.807) is 13.2 Å². The third-order valence-corrected chi connectivity index (χ3v) is 4.26. The molecule has 0 radical (unpaired) electrons. The maximum Gasteiger partial charge on any atom is 0.126 e. The number of rotatable bonds is 7. The van der Waals surface area contributed by atoms with E-state index in [-0.39, 0.29) is 17.5 Å². The van der Waals surface area contributed by atoms with Crippen LogP contribution in [0.4, 0.5) is 4.39 Å². The van der Waals surface area contributed by atoms with Crippen molar-refractivity contribution in [2.45, 2.75) is 50.7 Å². The van der Waals surface area contributed by atoms with E-state index in [2.05, 4.69) is 12.2 Å². The van der Waals surface area contributed by atoms with Crippen LogP contribution in [0.1, 0.15) is 38.2 Å². The summed E-state index contributed by atoms with van der Waals surface area (Å²) < 4.78 is 19.6. The third-order valence-electron chi connectivity index (χ3n) is 4.26. The zero-order valence-corrected chi connectivity index (χ0v) is 11.9. The van der Waals surface area contributed by atoms with E-state index in [9.17, 15) is 4.39 Å². The molecule has 1 aromatic carbocycles. The Morgan fingerprint density at radius 3 is 2.63 bits per heavy atom. The van der Waals surface area contributed by atoms with Crippen LogP contribution >= 0.6 is 0 Å². The van der Waals surface area contributed by atoms with E-state index in [1.165, 1.54) is 12.5 Å². The van der Waals surface area contributed by atoms with Crippen LogP contribution in [0.5, 0.6) is 0 Å². The van der Waals surface area contributed by atoms with Gasteiger partial charge in [-0.25, -0.2) is 4.39 Å². The van der Waals surface area contributed by atoms with Gasteiger partial charge < -0.3 is 10.1 Å². The van der Waals surface area contributed by atoms with Gasteiger partial charge in [0, 0.05) is 13.2 Å². The Bertz CT molecular complexity index is 398. The summed E-state index contributed by atoms with van der Waals surface area (Å²) in [5, 5.41) is 3.55. The molecule has 1 aromatic rings. The molecule has 0 spiro atoms. The normalized spacial score (nSPS) is 18.9. The monoisotopic (exact) mass is 265 g/mol. The molecule has 1 atom stereocenters. The minimum absolute atomic E-state index is 0.0998. The van der Waals surface area contributed by atoms with Crippen LogP contribution in [-0.2, 0) is 11.2 Å². The largest absolute Gasteiger partial charge is 0.377 e. The number of halogens is 1. The maximum atomic E-state index is 13.8. The van der Waals surface area contributed by atoms with E-state index in [0.29, 0.717) is 6.42 Å². The van der Waals surface area contributed by atoms with Gasteiger partial charge in [0.1, 0.15) is 5.82 Å². The van der Waals surface area contributed by atoms with E-state index >= 15 is 0 Å². The molecule has 1 aliphatic rings. The topological polar surface area (TPSA) is 21.3 Å². The summed E-state index contributed by atoms with van der Waals surface area (Å²) in [6.07, 6.45) is 5.11. The van der Waals surface area contributed by atoms with Crippen molar-refractivity contribution in [3.63, 3.8) is 0 Å². The Hall–Kier alpha value is -0.930. The Morgan fingerprint density at radius 2 is 2.11 bits per heavy atom. The number of nitrogens with one attached hydrogen (secondary N) is 1. The fourth-order valence-corrected chi connectivity index (χ4v) is 2.87. The van der Waals surface area contributed by atoms with Crippen molar-refractivity contribution >= 4 is 0 Å². The van der Waals surface area contributed by atoms with Crippen molar-refractivity contribution in [1.29, 1.82) is 0 Å².